The molecular weight excluding hydrogens is 380 g/mol. The average Bonchev–Trinajstić information content (AvgIpc) is 2.66. The summed E-state index contributed by atoms with van der Waals surface area (Å²) in [7, 11) is 0. The molecule has 1 unspecified atom stereocenters. The van der Waals surface area contributed by atoms with Crippen LogP contribution >= 0.6 is 12.4 Å². The molecule has 2 aromatic carbocycles. The van der Waals surface area contributed by atoms with Crippen molar-refractivity contribution in [2.24, 2.45) is 11.7 Å². The van der Waals surface area contributed by atoms with E-state index in [2.05, 4.69) is 10.6 Å². The SMILES string of the molecule is CC(C)C(C)(CN)NC(=O)c1ccc(NCc2ccccc2)c([N+](=O)[O-])c1.Cl. The Morgan fingerprint density at radius 2 is 1.86 bits per heavy atom. The van der Waals surface area contributed by atoms with Gasteiger partial charge in [-0.2, -0.15) is 0 Å². The van der Waals surface area contributed by atoms with E-state index in [0.717, 1.165) is 5.56 Å². The van der Waals surface area contributed by atoms with E-state index in [4.69, 9.17) is 5.73 Å². The lowest BCUT2D eigenvalue weighted by Gasteiger charge is -2.33. The van der Waals surface area contributed by atoms with Gasteiger partial charge in [0.1, 0.15) is 5.69 Å². The van der Waals surface area contributed by atoms with Crippen LogP contribution in [0.15, 0.2) is 48.5 Å². The normalized spacial score (nSPS) is 12.6. The van der Waals surface area contributed by atoms with Crippen LogP contribution in [0.4, 0.5) is 11.4 Å². The van der Waals surface area contributed by atoms with Gasteiger partial charge in [0.2, 0.25) is 0 Å². The van der Waals surface area contributed by atoms with Crippen molar-refractivity contribution in [2.75, 3.05) is 11.9 Å². The molecule has 0 saturated heterocycles. The van der Waals surface area contributed by atoms with Crippen LogP contribution in [0.3, 0.4) is 0 Å². The average molecular weight is 407 g/mol. The highest BCUT2D eigenvalue weighted by Crippen LogP contribution is 2.27. The number of carbonyl (C=O) groups is 1. The predicted molar refractivity (Wildman–Crippen MR) is 114 cm³/mol. The molecule has 1 amide bonds. The third-order valence-corrected chi connectivity index (χ3v) is 4.88. The van der Waals surface area contributed by atoms with Gasteiger partial charge in [0, 0.05) is 24.7 Å². The number of nitrogens with zero attached hydrogens (tertiary/aromatic N) is 1. The number of nitrogens with two attached hydrogens (primary N) is 1. The summed E-state index contributed by atoms with van der Waals surface area (Å²) < 4.78 is 0. The number of hydrogen-bond acceptors (Lipinski definition) is 5. The van der Waals surface area contributed by atoms with Crippen LogP contribution in [0, 0.1) is 16.0 Å². The van der Waals surface area contributed by atoms with Crippen molar-refractivity contribution < 1.29 is 9.72 Å². The first kappa shape index (κ1) is 23.4. The molecule has 0 aliphatic carbocycles. The van der Waals surface area contributed by atoms with Gasteiger partial charge in [-0.25, -0.2) is 0 Å². The lowest BCUT2D eigenvalue weighted by atomic mass is 9.88. The monoisotopic (exact) mass is 406 g/mol. The van der Waals surface area contributed by atoms with Crippen molar-refractivity contribution >= 4 is 29.7 Å². The number of amides is 1. The van der Waals surface area contributed by atoms with Gasteiger partial charge >= 0.3 is 0 Å². The summed E-state index contributed by atoms with van der Waals surface area (Å²) in [6.45, 7) is 6.51. The van der Waals surface area contributed by atoms with Crippen LogP contribution < -0.4 is 16.4 Å². The van der Waals surface area contributed by atoms with Crippen molar-refractivity contribution in [3.63, 3.8) is 0 Å². The molecule has 0 fully saturated rings. The van der Waals surface area contributed by atoms with Gasteiger partial charge in [-0.15, -0.1) is 12.4 Å². The first-order chi connectivity index (χ1) is 12.8. The molecule has 4 N–H and O–H groups in total. The fraction of sp³-hybridized carbons (Fsp3) is 0.350. The molecule has 1 atom stereocenters. The van der Waals surface area contributed by atoms with Crippen molar-refractivity contribution in [3.8, 4) is 0 Å². The van der Waals surface area contributed by atoms with Gasteiger partial charge in [0.05, 0.1) is 10.5 Å². The third-order valence-electron chi connectivity index (χ3n) is 4.88. The Hall–Kier alpha value is -2.64. The Bertz CT molecular complexity index is 814. The van der Waals surface area contributed by atoms with E-state index in [1.807, 2.05) is 51.1 Å². The number of hydrogen-bond donors (Lipinski definition) is 3. The topological polar surface area (TPSA) is 110 Å². The lowest BCUT2D eigenvalue weighted by Crippen LogP contribution is -2.55. The summed E-state index contributed by atoms with van der Waals surface area (Å²) in [4.78, 5) is 23.6. The highest BCUT2D eigenvalue weighted by Gasteiger charge is 2.29. The zero-order valence-corrected chi connectivity index (χ0v) is 17.1. The Balaban J connectivity index is 0.00000392. The number of nitro groups is 1. The molecule has 0 aliphatic heterocycles. The highest BCUT2D eigenvalue weighted by atomic mass is 35.5. The summed E-state index contributed by atoms with van der Waals surface area (Å²) in [6, 6.07) is 14.0. The van der Waals surface area contributed by atoms with Gasteiger partial charge < -0.3 is 16.4 Å². The number of nitrogens with one attached hydrogen (secondary N) is 2. The second kappa shape index (κ2) is 10.1. The van der Waals surface area contributed by atoms with Crippen molar-refractivity contribution in [3.05, 3.63) is 69.8 Å². The number of benzene rings is 2. The largest absolute Gasteiger partial charge is 0.375 e. The van der Waals surface area contributed by atoms with Gasteiger partial charge in [0.15, 0.2) is 0 Å². The molecule has 7 nitrogen and oxygen atoms in total. The van der Waals surface area contributed by atoms with Gasteiger partial charge in [-0.3, -0.25) is 14.9 Å². The third kappa shape index (κ3) is 5.68. The van der Waals surface area contributed by atoms with E-state index in [9.17, 15) is 14.9 Å². The Morgan fingerprint density at radius 3 is 2.39 bits per heavy atom. The van der Waals surface area contributed by atoms with Gasteiger partial charge in [-0.1, -0.05) is 44.2 Å². The standard InChI is InChI=1S/C20H26N4O3.ClH/c1-14(2)20(3,13-21)23-19(25)16-9-10-17(18(11-16)24(26)27)22-12-15-7-5-4-6-8-15;/h4-11,14,22H,12-13,21H2,1-3H3,(H,23,25);1H. The molecule has 0 aliphatic rings. The van der Waals surface area contributed by atoms with Crippen LogP contribution in [-0.4, -0.2) is 22.9 Å². The lowest BCUT2D eigenvalue weighted by molar-refractivity contribution is -0.384. The Morgan fingerprint density at radius 1 is 1.21 bits per heavy atom. The molecule has 0 aromatic heterocycles. The van der Waals surface area contributed by atoms with Gasteiger partial charge in [-0.05, 0) is 30.5 Å². The fourth-order valence-electron chi connectivity index (χ4n) is 2.53. The Labute approximate surface area is 171 Å². The summed E-state index contributed by atoms with van der Waals surface area (Å²) in [5, 5.41) is 17.4. The maximum Gasteiger partial charge on any atom is 0.293 e. The predicted octanol–water partition coefficient (Wildman–Crippen LogP) is 3.73. The van der Waals surface area contributed by atoms with E-state index >= 15 is 0 Å². The maximum atomic E-state index is 12.6. The smallest absolute Gasteiger partial charge is 0.293 e. The first-order valence-corrected chi connectivity index (χ1v) is 8.85. The van der Waals surface area contributed by atoms with Crippen LogP contribution in [0.5, 0.6) is 0 Å². The number of nitro benzene ring substituents is 1. The van der Waals surface area contributed by atoms with E-state index in [1.165, 1.54) is 6.07 Å². The molecule has 28 heavy (non-hydrogen) atoms. The van der Waals surface area contributed by atoms with Crippen molar-refractivity contribution in [1.82, 2.24) is 5.32 Å². The van der Waals surface area contributed by atoms with Crippen molar-refractivity contribution in [2.45, 2.75) is 32.9 Å². The van der Waals surface area contributed by atoms with Crippen molar-refractivity contribution in [1.29, 1.82) is 0 Å². The van der Waals surface area contributed by atoms with E-state index in [-0.39, 0.29) is 42.0 Å². The van der Waals surface area contributed by atoms with E-state index < -0.39 is 10.5 Å². The zero-order valence-electron chi connectivity index (χ0n) is 16.3. The fourth-order valence-corrected chi connectivity index (χ4v) is 2.53. The number of halogens is 1. The van der Waals surface area contributed by atoms with Crippen LogP contribution in [0.2, 0.25) is 0 Å². The summed E-state index contributed by atoms with van der Waals surface area (Å²) >= 11 is 0. The first-order valence-electron chi connectivity index (χ1n) is 8.85. The molecule has 0 heterocycles. The molecule has 2 aromatic rings. The minimum absolute atomic E-state index is 0. The van der Waals surface area contributed by atoms with E-state index in [1.54, 1.807) is 12.1 Å². The van der Waals surface area contributed by atoms with Crippen LogP contribution in [-0.2, 0) is 6.54 Å². The summed E-state index contributed by atoms with van der Waals surface area (Å²) in [5.74, 6) is -0.261. The molecule has 0 saturated carbocycles. The minimum Gasteiger partial charge on any atom is -0.375 e. The second-order valence-electron chi connectivity index (χ2n) is 7.06. The van der Waals surface area contributed by atoms with Gasteiger partial charge in [0.25, 0.3) is 11.6 Å². The molecule has 0 radical (unpaired) electrons. The van der Waals surface area contributed by atoms with Crippen LogP contribution in [0.25, 0.3) is 0 Å². The Kier molecular flexibility index (Phi) is 8.40. The van der Waals surface area contributed by atoms with Crippen LogP contribution in [0.1, 0.15) is 36.7 Å². The summed E-state index contributed by atoms with van der Waals surface area (Å²) in [6.07, 6.45) is 0. The molecule has 0 bridgehead atoms. The quantitative estimate of drug-likeness (QED) is 0.457. The number of anilines is 1. The molecule has 2 rings (SSSR count). The minimum atomic E-state index is -0.587. The van der Waals surface area contributed by atoms with E-state index in [0.29, 0.717) is 12.2 Å². The second-order valence-corrected chi connectivity index (χ2v) is 7.06. The number of rotatable bonds is 8. The molecule has 152 valence electrons. The maximum absolute atomic E-state index is 12.6. The molecule has 8 heteroatoms. The molecular formula is C20H27ClN4O3. The number of carbonyl (C=O) groups excluding carboxylic acids is 1. The highest BCUT2D eigenvalue weighted by molar-refractivity contribution is 5.96. The summed E-state index contributed by atoms with van der Waals surface area (Å²) in [5.41, 5.74) is 6.67. The zero-order chi connectivity index (χ0) is 20.0. The molecule has 0 spiro atoms.